The second-order valence-corrected chi connectivity index (χ2v) is 8.35. The van der Waals surface area contributed by atoms with Crippen LogP contribution in [0, 0.1) is 11.8 Å². The number of hydrogen-bond acceptors (Lipinski definition) is 6. The van der Waals surface area contributed by atoms with Gasteiger partial charge in [-0.15, -0.1) is 0 Å². The molecule has 1 saturated carbocycles. The number of likely N-dealkylation sites (tertiary alicyclic amines) is 1. The number of nitrogens with zero attached hydrogens (tertiary/aromatic N) is 3. The molecule has 7 nitrogen and oxygen atoms in total. The standard InChI is InChI=1S/C21H26ClN3O4/c1-28-21(27)14-3-2-4-18(7-14)29-20-9-16-12-24(11-15(16)8-19(20)26)5-6-25-13-17(22)10-23-25/h2-4,7,10,13,15-16,19-20,26H,5-6,8-9,11-12H2,1H3/t15-,16+,19+,20+/m0/s1. The van der Waals surface area contributed by atoms with Gasteiger partial charge in [-0.2, -0.15) is 5.10 Å². The van der Waals surface area contributed by atoms with Crippen molar-refractivity contribution in [3.8, 4) is 5.75 Å². The predicted octanol–water partition coefficient (Wildman–Crippen LogP) is 2.47. The Hall–Kier alpha value is -2.09. The van der Waals surface area contributed by atoms with Gasteiger partial charge in [0, 0.05) is 25.8 Å². The zero-order valence-electron chi connectivity index (χ0n) is 16.4. The smallest absolute Gasteiger partial charge is 0.337 e. The molecule has 156 valence electrons. The number of aliphatic hydroxyl groups excluding tert-OH is 1. The summed E-state index contributed by atoms with van der Waals surface area (Å²) >= 11 is 5.92. The lowest BCUT2D eigenvalue weighted by atomic mass is 9.78. The number of ether oxygens (including phenoxy) is 2. The Balaban J connectivity index is 1.34. The summed E-state index contributed by atoms with van der Waals surface area (Å²) in [5.41, 5.74) is 0.443. The van der Waals surface area contributed by atoms with Gasteiger partial charge in [0.05, 0.1) is 36.5 Å². The van der Waals surface area contributed by atoms with E-state index in [1.165, 1.54) is 7.11 Å². The van der Waals surface area contributed by atoms with E-state index in [1.54, 1.807) is 30.5 Å². The summed E-state index contributed by atoms with van der Waals surface area (Å²) in [5, 5.41) is 15.5. The number of esters is 1. The van der Waals surface area contributed by atoms with Gasteiger partial charge in [0.2, 0.25) is 0 Å². The maximum Gasteiger partial charge on any atom is 0.337 e. The van der Waals surface area contributed by atoms with E-state index in [-0.39, 0.29) is 6.10 Å². The second-order valence-electron chi connectivity index (χ2n) is 7.92. The minimum atomic E-state index is -0.511. The normalized spacial score (nSPS) is 26.9. The molecule has 0 bridgehead atoms. The molecule has 2 aromatic rings. The van der Waals surface area contributed by atoms with Crippen LogP contribution >= 0.6 is 11.6 Å². The zero-order chi connectivity index (χ0) is 20.4. The number of aromatic nitrogens is 2. The molecule has 1 aromatic heterocycles. The third kappa shape index (κ3) is 4.74. The Morgan fingerprint density at radius 2 is 2.07 bits per heavy atom. The molecule has 2 aliphatic rings. The molecule has 8 heteroatoms. The van der Waals surface area contributed by atoms with Crippen LogP contribution in [-0.4, -0.2) is 64.7 Å². The Labute approximate surface area is 175 Å². The lowest BCUT2D eigenvalue weighted by Crippen LogP contribution is -2.42. The number of fused-ring (bicyclic) bond motifs is 1. The molecule has 0 unspecified atom stereocenters. The third-order valence-corrected chi connectivity index (χ3v) is 6.15. The molecule has 2 fully saturated rings. The van der Waals surface area contributed by atoms with Gasteiger partial charge in [0.1, 0.15) is 11.9 Å². The number of halogens is 1. The molecule has 0 radical (unpaired) electrons. The van der Waals surface area contributed by atoms with Crippen LogP contribution in [0.15, 0.2) is 36.7 Å². The van der Waals surface area contributed by atoms with E-state index in [0.717, 1.165) is 39.0 Å². The minimum Gasteiger partial charge on any atom is -0.488 e. The van der Waals surface area contributed by atoms with Crippen LogP contribution in [0.2, 0.25) is 5.02 Å². The summed E-state index contributed by atoms with van der Waals surface area (Å²) < 4.78 is 12.7. The third-order valence-electron chi connectivity index (χ3n) is 5.95. The molecule has 1 aromatic carbocycles. The van der Waals surface area contributed by atoms with E-state index in [0.29, 0.717) is 28.2 Å². The number of carbonyl (C=O) groups is 1. The first-order chi connectivity index (χ1) is 14.0. The molecule has 1 N–H and O–H groups in total. The van der Waals surface area contributed by atoms with Crippen molar-refractivity contribution < 1.29 is 19.4 Å². The quantitative estimate of drug-likeness (QED) is 0.725. The van der Waals surface area contributed by atoms with E-state index in [1.807, 2.05) is 10.9 Å². The van der Waals surface area contributed by atoms with E-state index < -0.39 is 12.1 Å². The van der Waals surface area contributed by atoms with Gasteiger partial charge in [-0.25, -0.2) is 4.79 Å². The zero-order valence-corrected chi connectivity index (χ0v) is 17.2. The molecule has 4 atom stereocenters. The maximum absolute atomic E-state index is 11.7. The lowest BCUT2D eigenvalue weighted by molar-refractivity contribution is -0.0231. The Morgan fingerprint density at radius 3 is 2.79 bits per heavy atom. The maximum atomic E-state index is 11.7. The minimum absolute atomic E-state index is 0.269. The lowest BCUT2D eigenvalue weighted by Gasteiger charge is -2.35. The van der Waals surface area contributed by atoms with Crippen molar-refractivity contribution in [2.24, 2.45) is 11.8 Å². The van der Waals surface area contributed by atoms with E-state index in [9.17, 15) is 9.90 Å². The number of benzene rings is 1. The molecule has 0 amide bonds. The fourth-order valence-corrected chi connectivity index (χ4v) is 4.65. The van der Waals surface area contributed by atoms with Crippen molar-refractivity contribution in [1.29, 1.82) is 0 Å². The van der Waals surface area contributed by atoms with Gasteiger partial charge in [-0.05, 0) is 42.9 Å². The SMILES string of the molecule is COC(=O)c1cccc(O[C@@H]2C[C@@H]3CN(CCn4cc(Cl)cn4)C[C@@H]3C[C@H]2O)c1. The summed E-state index contributed by atoms with van der Waals surface area (Å²) in [6.45, 7) is 3.69. The highest BCUT2D eigenvalue weighted by Gasteiger charge is 2.42. The molecule has 4 rings (SSSR count). The van der Waals surface area contributed by atoms with E-state index in [4.69, 9.17) is 21.1 Å². The van der Waals surface area contributed by atoms with Crippen molar-refractivity contribution >= 4 is 17.6 Å². The molecular formula is C21H26ClN3O4. The van der Waals surface area contributed by atoms with Gasteiger partial charge in [-0.3, -0.25) is 4.68 Å². The highest BCUT2D eigenvalue weighted by Crippen LogP contribution is 2.38. The number of methoxy groups -OCH3 is 1. The first-order valence-corrected chi connectivity index (χ1v) is 10.3. The topological polar surface area (TPSA) is 76.8 Å². The van der Waals surface area contributed by atoms with Crippen LogP contribution in [0.1, 0.15) is 23.2 Å². The van der Waals surface area contributed by atoms with Crippen LogP contribution in [0.3, 0.4) is 0 Å². The molecule has 1 aliphatic carbocycles. The van der Waals surface area contributed by atoms with Crippen molar-refractivity contribution in [3.05, 3.63) is 47.2 Å². The van der Waals surface area contributed by atoms with Crippen LogP contribution in [0.5, 0.6) is 5.75 Å². The van der Waals surface area contributed by atoms with Crippen molar-refractivity contribution in [2.45, 2.75) is 31.6 Å². The van der Waals surface area contributed by atoms with Crippen molar-refractivity contribution in [2.75, 3.05) is 26.7 Å². The monoisotopic (exact) mass is 419 g/mol. The van der Waals surface area contributed by atoms with Crippen LogP contribution in [0.25, 0.3) is 0 Å². The first-order valence-electron chi connectivity index (χ1n) is 9.95. The highest BCUT2D eigenvalue weighted by atomic mass is 35.5. The van der Waals surface area contributed by atoms with Gasteiger partial charge < -0.3 is 19.5 Å². The summed E-state index contributed by atoms with van der Waals surface area (Å²) in [6.07, 6.45) is 4.24. The highest BCUT2D eigenvalue weighted by molar-refractivity contribution is 6.30. The van der Waals surface area contributed by atoms with Crippen molar-refractivity contribution in [1.82, 2.24) is 14.7 Å². The molecular weight excluding hydrogens is 394 g/mol. The fourth-order valence-electron chi connectivity index (χ4n) is 4.49. The Morgan fingerprint density at radius 1 is 1.28 bits per heavy atom. The van der Waals surface area contributed by atoms with Crippen LogP contribution in [0.4, 0.5) is 0 Å². The summed E-state index contributed by atoms with van der Waals surface area (Å²) in [5.74, 6) is 1.16. The number of rotatable bonds is 6. The second kappa shape index (κ2) is 8.73. The van der Waals surface area contributed by atoms with E-state index in [2.05, 4.69) is 10.00 Å². The molecule has 1 saturated heterocycles. The number of hydrogen-bond donors (Lipinski definition) is 1. The Bertz CT molecular complexity index is 858. The van der Waals surface area contributed by atoms with E-state index >= 15 is 0 Å². The fraction of sp³-hybridized carbons (Fsp3) is 0.524. The first kappa shape index (κ1) is 20.2. The average molecular weight is 420 g/mol. The average Bonchev–Trinajstić information content (AvgIpc) is 3.31. The Kier molecular flexibility index (Phi) is 6.08. The summed E-state index contributed by atoms with van der Waals surface area (Å²) in [7, 11) is 1.35. The predicted molar refractivity (Wildman–Crippen MR) is 108 cm³/mol. The van der Waals surface area contributed by atoms with Gasteiger partial charge in [-0.1, -0.05) is 17.7 Å². The number of aliphatic hydroxyl groups is 1. The van der Waals surface area contributed by atoms with Crippen molar-refractivity contribution in [3.63, 3.8) is 0 Å². The van der Waals surface area contributed by atoms with Gasteiger partial charge >= 0.3 is 5.97 Å². The molecule has 29 heavy (non-hydrogen) atoms. The largest absolute Gasteiger partial charge is 0.488 e. The molecule has 1 aliphatic heterocycles. The van der Waals surface area contributed by atoms with Crippen LogP contribution in [-0.2, 0) is 11.3 Å². The summed E-state index contributed by atoms with van der Waals surface area (Å²) in [4.78, 5) is 14.2. The summed E-state index contributed by atoms with van der Waals surface area (Å²) in [6, 6.07) is 6.92. The molecule has 0 spiro atoms. The number of carbonyl (C=O) groups excluding carboxylic acids is 1. The van der Waals surface area contributed by atoms with Gasteiger partial charge in [0.15, 0.2) is 0 Å². The van der Waals surface area contributed by atoms with Crippen LogP contribution < -0.4 is 4.74 Å². The van der Waals surface area contributed by atoms with Gasteiger partial charge in [0.25, 0.3) is 0 Å². The molecule has 2 heterocycles.